The van der Waals surface area contributed by atoms with Crippen LogP contribution in [-0.2, 0) is 0 Å². The molecule has 1 N–H and O–H groups in total. The topological polar surface area (TPSA) is 20.2 Å². The first-order valence-corrected chi connectivity index (χ1v) is 5.22. The number of aliphatic hydroxyl groups excluding tert-OH is 1. The van der Waals surface area contributed by atoms with Crippen molar-refractivity contribution in [2.75, 3.05) is 6.61 Å². The van der Waals surface area contributed by atoms with E-state index in [0.717, 1.165) is 6.42 Å². The minimum atomic E-state index is 0.364. The summed E-state index contributed by atoms with van der Waals surface area (Å²) in [5, 5.41) is 8.57. The van der Waals surface area contributed by atoms with Crippen LogP contribution in [0.1, 0.15) is 51.4 Å². The molecule has 70 valence electrons. The average molecular weight is 168 g/mol. The number of allylic oxidation sites excluding steroid dienone is 2. The summed E-state index contributed by atoms with van der Waals surface area (Å²) in [6, 6.07) is 0. The van der Waals surface area contributed by atoms with E-state index in [1.54, 1.807) is 5.57 Å². The smallest absolute Gasteiger partial charge is 0.0431 e. The lowest BCUT2D eigenvalue weighted by atomic mass is 10.1. The molecule has 0 aromatic heterocycles. The van der Waals surface area contributed by atoms with Crippen molar-refractivity contribution in [1.29, 1.82) is 0 Å². The number of rotatable bonds is 6. The highest BCUT2D eigenvalue weighted by atomic mass is 16.2. The molecule has 0 aromatic carbocycles. The molecule has 0 unspecified atom stereocenters. The molecule has 0 saturated heterocycles. The first kappa shape index (κ1) is 9.79. The minimum absolute atomic E-state index is 0.364. The van der Waals surface area contributed by atoms with Crippen LogP contribution in [0.4, 0.5) is 0 Å². The van der Waals surface area contributed by atoms with Gasteiger partial charge < -0.3 is 5.11 Å². The van der Waals surface area contributed by atoms with Crippen molar-refractivity contribution in [3.05, 3.63) is 11.6 Å². The lowest BCUT2D eigenvalue weighted by molar-refractivity contribution is 0.282. The van der Waals surface area contributed by atoms with Gasteiger partial charge in [-0.2, -0.15) is 0 Å². The zero-order valence-corrected chi connectivity index (χ0v) is 7.89. The first-order valence-electron chi connectivity index (χ1n) is 5.22. The number of hydrogen-bond acceptors (Lipinski definition) is 1. The Morgan fingerprint density at radius 1 is 1.17 bits per heavy atom. The van der Waals surface area contributed by atoms with Crippen molar-refractivity contribution in [3.63, 3.8) is 0 Å². The Kier molecular flexibility index (Phi) is 5.09. The number of hydrogen-bond donors (Lipinski definition) is 1. The quantitative estimate of drug-likeness (QED) is 0.477. The fourth-order valence-electron chi connectivity index (χ4n) is 1.78. The standard InChI is InChI=1S/C11H20O/c12-10-6-2-1-3-7-11-8-4-5-9-11/h8,12H,1-7,9-10H2. The van der Waals surface area contributed by atoms with Crippen LogP contribution in [0.15, 0.2) is 11.6 Å². The van der Waals surface area contributed by atoms with Crippen LogP contribution in [0.25, 0.3) is 0 Å². The van der Waals surface area contributed by atoms with Gasteiger partial charge in [0, 0.05) is 6.61 Å². The maximum atomic E-state index is 8.57. The van der Waals surface area contributed by atoms with Crippen molar-refractivity contribution in [2.24, 2.45) is 0 Å². The molecule has 0 aliphatic heterocycles. The Balaban J connectivity index is 1.88. The van der Waals surface area contributed by atoms with Gasteiger partial charge >= 0.3 is 0 Å². The first-order chi connectivity index (χ1) is 5.93. The molecule has 1 aliphatic rings. The average Bonchev–Trinajstić information content (AvgIpc) is 2.57. The van der Waals surface area contributed by atoms with Gasteiger partial charge in [-0.05, 0) is 38.5 Å². The van der Waals surface area contributed by atoms with E-state index in [0.29, 0.717) is 6.61 Å². The summed E-state index contributed by atoms with van der Waals surface area (Å²) < 4.78 is 0. The Hall–Kier alpha value is -0.300. The van der Waals surface area contributed by atoms with Gasteiger partial charge in [0.25, 0.3) is 0 Å². The molecule has 0 fully saturated rings. The van der Waals surface area contributed by atoms with Gasteiger partial charge in [-0.3, -0.25) is 0 Å². The summed E-state index contributed by atoms with van der Waals surface area (Å²) in [6.07, 6.45) is 12.6. The van der Waals surface area contributed by atoms with Gasteiger partial charge in [0.1, 0.15) is 0 Å². The Morgan fingerprint density at radius 3 is 2.67 bits per heavy atom. The zero-order chi connectivity index (χ0) is 8.65. The molecule has 0 atom stereocenters. The second-order valence-electron chi connectivity index (χ2n) is 3.64. The van der Waals surface area contributed by atoms with E-state index < -0.39 is 0 Å². The Labute approximate surface area is 75.5 Å². The van der Waals surface area contributed by atoms with E-state index in [2.05, 4.69) is 6.08 Å². The summed E-state index contributed by atoms with van der Waals surface area (Å²) in [6.45, 7) is 0.364. The number of unbranched alkanes of at least 4 members (excludes halogenated alkanes) is 3. The molecular formula is C11H20O. The Morgan fingerprint density at radius 2 is 2.00 bits per heavy atom. The second kappa shape index (κ2) is 6.24. The molecule has 1 nitrogen and oxygen atoms in total. The van der Waals surface area contributed by atoms with E-state index in [1.165, 1.54) is 44.9 Å². The molecule has 0 saturated carbocycles. The molecule has 0 spiro atoms. The van der Waals surface area contributed by atoms with Gasteiger partial charge in [0.2, 0.25) is 0 Å². The van der Waals surface area contributed by atoms with Crippen LogP contribution in [0.2, 0.25) is 0 Å². The van der Waals surface area contributed by atoms with E-state index in [4.69, 9.17) is 5.11 Å². The minimum Gasteiger partial charge on any atom is -0.396 e. The third-order valence-corrected chi connectivity index (χ3v) is 2.54. The third-order valence-electron chi connectivity index (χ3n) is 2.54. The van der Waals surface area contributed by atoms with Gasteiger partial charge in [-0.1, -0.05) is 24.5 Å². The molecule has 1 heteroatoms. The maximum absolute atomic E-state index is 8.57. The summed E-state index contributed by atoms with van der Waals surface area (Å²) in [5.74, 6) is 0. The maximum Gasteiger partial charge on any atom is 0.0431 e. The SMILES string of the molecule is OCCCCCCC1=CCCC1. The number of aliphatic hydroxyl groups is 1. The molecule has 0 bridgehead atoms. The molecule has 1 rings (SSSR count). The van der Waals surface area contributed by atoms with Crippen LogP contribution in [-0.4, -0.2) is 11.7 Å². The highest BCUT2D eigenvalue weighted by Crippen LogP contribution is 2.22. The fourth-order valence-corrected chi connectivity index (χ4v) is 1.78. The predicted molar refractivity (Wildman–Crippen MR) is 52.1 cm³/mol. The van der Waals surface area contributed by atoms with Gasteiger partial charge in [0.05, 0.1) is 0 Å². The lowest BCUT2D eigenvalue weighted by Crippen LogP contribution is -1.84. The molecule has 0 aromatic rings. The van der Waals surface area contributed by atoms with Crippen LogP contribution >= 0.6 is 0 Å². The molecule has 0 radical (unpaired) electrons. The largest absolute Gasteiger partial charge is 0.396 e. The van der Waals surface area contributed by atoms with Crippen LogP contribution in [0, 0.1) is 0 Å². The van der Waals surface area contributed by atoms with E-state index in [1.807, 2.05) is 0 Å². The van der Waals surface area contributed by atoms with E-state index >= 15 is 0 Å². The second-order valence-corrected chi connectivity index (χ2v) is 3.64. The van der Waals surface area contributed by atoms with Crippen molar-refractivity contribution in [1.82, 2.24) is 0 Å². The third kappa shape index (κ3) is 3.91. The Bertz CT molecular complexity index is 138. The molecule has 12 heavy (non-hydrogen) atoms. The highest BCUT2D eigenvalue weighted by Gasteiger charge is 2.02. The van der Waals surface area contributed by atoms with E-state index in [9.17, 15) is 0 Å². The van der Waals surface area contributed by atoms with Crippen LogP contribution < -0.4 is 0 Å². The lowest BCUT2D eigenvalue weighted by Gasteiger charge is -2.00. The van der Waals surface area contributed by atoms with Crippen LogP contribution in [0.5, 0.6) is 0 Å². The molecular weight excluding hydrogens is 148 g/mol. The van der Waals surface area contributed by atoms with Gasteiger partial charge in [-0.15, -0.1) is 0 Å². The van der Waals surface area contributed by atoms with E-state index in [-0.39, 0.29) is 0 Å². The monoisotopic (exact) mass is 168 g/mol. The van der Waals surface area contributed by atoms with Crippen molar-refractivity contribution in [3.8, 4) is 0 Å². The fraction of sp³-hybridized carbons (Fsp3) is 0.818. The van der Waals surface area contributed by atoms with Gasteiger partial charge in [-0.25, -0.2) is 0 Å². The van der Waals surface area contributed by atoms with Crippen molar-refractivity contribution >= 4 is 0 Å². The summed E-state index contributed by atoms with van der Waals surface area (Å²) in [5.41, 5.74) is 1.68. The van der Waals surface area contributed by atoms with Crippen molar-refractivity contribution in [2.45, 2.75) is 51.4 Å². The highest BCUT2D eigenvalue weighted by molar-refractivity contribution is 5.06. The van der Waals surface area contributed by atoms with Crippen LogP contribution in [0.3, 0.4) is 0 Å². The predicted octanol–water partition coefficient (Wildman–Crippen LogP) is 3.04. The molecule has 0 amide bonds. The normalized spacial score (nSPS) is 16.6. The summed E-state index contributed by atoms with van der Waals surface area (Å²) in [4.78, 5) is 0. The zero-order valence-electron chi connectivity index (χ0n) is 7.89. The summed E-state index contributed by atoms with van der Waals surface area (Å²) >= 11 is 0. The molecule has 1 aliphatic carbocycles. The van der Waals surface area contributed by atoms with Gasteiger partial charge in [0.15, 0.2) is 0 Å². The summed E-state index contributed by atoms with van der Waals surface area (Å²) in [7, 11) is 0. The molecule has 0 heterocycles. The van der Waals surface area contributed by atoms with Crippen molar-refractivity contribution < 1.29 is 5.11 Å².